The van der Waals surface area contributed by atoms with E-state index in [4.69, 9.17) is 30.5 Å². The van der Waals surface area contributed by atoms with Crippen LogP contribution in [0.15, 0.2) is 212 Å². The van der Waals surface area contributed by atoms with Gasteiger partial charge in [0.05, 0.1) is 48.1 Å². The highest BCUT2D eigenvalue weighted by Gasteiger charge is 2.23. The van der Waals surface area contributed by atoms with E-state index in [9.17, 15) is 5.48 Å². The van der Waals surface area contributed by atoms with Crippen molar-refractivity contribution in [1.82, 2.24) is 24.1 Å². The summed E-state index contributed by atoms with van der Waals surface area (Å²) in [5, 5.41) is 6.58. The normalized spacial score (nSPS) is 16.2. The number of benzene rings is 10. The molecule has 13 rings (SSSR count). The average molecular weight is 809 g/mol. The minimum Gasteiger partial charge on any atom is -0.309 e. The molecule has 5 heteroatoms. The lowest BCUT2D eigenvalue weighted by atomic mass is 9.89. The third-order valence-electron chi connectivity index (χ3n) is 11.3. The summed E-state index contributed by atoms with van der Waals surface area (Å²) in [6.45, 7) is 0. The van der Waals surface area contributed by atoms with Crippen LogP contribution >= 0.6 is 0 Å². The molecule has 62 heavy (non-hydrogen) atoms. The summed E-state index contributed by atoms with van der Waals surface area (Å²) < 4.78 is 169. The van der Waals surface area contributed by atoms with Crippen LogP contribution < -0.4 is 0 Å². The number of hydrogen-bond acceptors (Lipinski definition) is 3. The zero-order valence-electron chi connectivity index (χ0n) is 51.0. The van der Waals surface area contributed by atoms with Crippen molar-refractivity contribution in [2.75, 3.05) is 0 Å². The van der Waals surface area contributed by atoms with E-state index in [1.54, 1.807) is 21.3 Å². The van der Waals surface area contributed by atoms with Gasteiger partial charge in [0.25, 0.3) is 0 Å². The lowest BCUT2D eigenvalue weighted by Gasteiger charge is -2.14. The molecule has 288 valence electrons. The van der Waals surface area contributed by atoms with Gasteiger partial charge in [0.15, 0.2) is 11.6 Å². The Hall–Kier alpha value is -8.41. The Bertz CT molecular complexity index is 4900. The third-order valence-corrected chi connectivity index (χ3v) is 11.3. The van der Waals surface area contributed by atoms with Gasteiger partial charge in [0, 0.05) is 38.4 Å². The molecule has 10 aromatic carbocycles. The molecule has 0 bridgehead atoms. The predicted molar refractivity (Wildman–Crippen MR) is 256 cm³/mol. The Morgan fingerprint density at radius 3 is 1.58 bits per heavy atom. The maximum Gasteiger partial charge on any atom is 0.238 e. The molecule has 0 radical (unpaired) electrons. The van der Waals surface area contributed by atoms with Gasteiger partial charge in [-0.1, -0.05) is 169 Å². The average Bonchev–Trinajstić information content (AvgIpc) is 2.92. The van der Waals surface area contributed by atoms with Gasteiger partial charge in [-0.3, -0.25) is 4.57 Å². The molecule has 0 N–H and O–H groups in total. The van der Waals surface area contributed by atoms with Crippen molar-refractivity contribution in [2.45, 2.75) is 0 Å². The lowest BCUT2D eigenvalue weighted by molar-refractivity contribution is 0.953. The van der Waals surface area contributed by atoms with E-state index in [0.29, 0.717) is 32.8 Å². The first-order chi connectivity index (χ1) is 38.7. The van der Waals surface area contributed by atoms with Crippen LogP contribution in [-0.2, 0) is 0 Å². The fraction of sp³-hybridized carbons (Fsp3) is 0. The summed E-state index contributed by atoms with van der Waals surface area (Å²) in [5.41, 5.74) is 1.86. The van der Waals surface area contributed by atoms with Crippen molar-refractivity contribution in [2.24, 2.45) is 0 Å². The molecule has 0 aliphatic rings. The molecule has 0 amide bonds. The van der Waals surface area contributed by atoms with E-state index in [0.717, 1.165) is 43.4 Å². The van der Waals surface area contributed by atoms with Crippen molar-refractivity contribution in [3.05, 3.63) is 212 Å². The topological polar surface area (TPSA) is 48.5 Å². The first-order valence-corrected chi connectivity index (χ1v) is 19.5. The minimum absolute atomic E-state index is 0.0293. The van der Waals surface area contributed by atoms with Crippen molar-refractivity contribution in [1.29, 1.82) is 0 Å². The van der Waals surface area contributed by atoms with Crippen LogP contribution in [0.2, 0.25) is 0 Å². The van der Waals surface area contributed by atoms with E-state index in [-0.39, 0.29) is 23.7 Å². The lowest BCUT2D eigenvalue weighted by Crippen LogP contribution is -2.06. The summed E-state index contributed by atoms with van der Waals surface area (Å²) in [7, 11) is 0. The predicted octanol–water partition coefficient (Wildman–Crippen LogP) is 14.5. The molecule has 5 nitrogen and oxygen atoms in total. The highest BCUT2D eigenvalue weighted by atomic mass is 15.2. The monoisotopic (exact) mass is 808 g/mol. The fourth-order valence-electron chi connectivity index (χ4n) is 8.77. The molecule has 0 unspecified atom stereocenters. The molecular weight excluding hydrogens is 755 g/mol. The van der Waals surface area contributed by atoms with Crippen molar-refractivity contribution in [3.8, 4) is 56.7 Å². The summed E-state index contributed by atoms with van der Waals surface area (Å²) in [5.74, 6) is -1.19. The summed E-state index contributed by atoms with van der Waals surface area (Å²) in [6, 6.07) is 18.1. The molecule has 0 aliphatic carbocycles. The molecule has 3 heterocycles. The van der Waals surface area contributed by atoms with Crippen LogP contribution in [0.5, 0.6) is 0 Å². The van der Waals surface area contributed by atoms with Crippen LogP contribution in [0.4, 0.5) is 0 Å². The van der Waals surface area contributed by atoms with E-state index >= 15 is 0 Å². The number of nitrogens with zero attached hydrogens (tertiary/aromatic N) is 5. The maximum absolute atomic E-state index is 9.33. The third kappa shape index (κ3) is 5.18. The zero-order valence-corrected chi connectivity index (χ0v) is 32.0. The quantitative estimate of drug-likeness (QED) is 0.157. The number of aromatic nitrogens is 5. The first kappa shape index (κ1) is 20.7. The number of rotatable bonds is 6. The SMILES string of the molecule is [2H]c1c([2H])c([2H])c(-c2nc(-c3c([2H])c([2H])c(-c4c([2H])c([2H])c([2H])c([2H])c4[2H])c([2H])c3[2H])nc(-n3c4ccccc4c4cc(-c5cccc6c7cccc8c7c7c(cccc7n8-c7c([2H])c([2H])c([2H])c([2H])c7[2H])c56)ccc43)n2)c([2H])c1[2H]. The van der Waals surface area contributed by atoms with Crippen LogP contribution in [0, 0.1) is 0 Å². The van der Waals surface area contributed by atoms with E-state index in [2.05, 4.69) is 4.98 Å². The fourth-order valence-corrected chi connectivity index (χ4v) is 8.77. The first-order valence-electron chi connectivity index (χ1n) is 29.0. The molecule has 0 spiro atoms. The molecule has 0 atom stereocenters. The Morgan fingerprint density at radius 2 is 0.855 bits per heavy atom. The number of fused-ring (bicyclic) bond motifs is 6. The van der Waals surface area contributed by atoms with Crippen LogP contribution in [0.25, 0.3) is 122 Å². The summed E-state index contributed by atoms with van der Waals surface area (Å²) in [4.78, 5) is 14.1. The van der Waals surface area contributed by atoms with Gasteiger partial charge in [-0.15, -0.1) is 0 Å². The van der Waals surface area contributed by atoms with E-state index in [1.807, 2.05) is 84.9 Å². The van der Waals surface area contributed by atoms with Crippen molar-refractivity contribution >= 4 is 65.2 Å². The summed E-state index contributed by atoms with van der Waals surface area (Å²) >= 11 is 0. The molecule has 13 aromatic rings. The van der Waals surface area contributed by atoms with Crippen LogP contribution in [-0.4, -0.2) is 24.1 Å². The zero-order chi connectivity index (χ0) is 57.3. The van der Waals surface area contributed by atoms with Crippen molar-refractivity contribution in [3.63, 3.8) is 0 Å². The smallest absolute Gasteiger partial charge is 0.238 e. The second-order valence-electron chi connectivity index (χ2n) is 14.6. The maximum atomic E-state index is 9.33. The van der Waals surface area contributed by atoms with Crippen LogP contribution in [0.1, 0.15) is 26.0 Å². The molecular formula is C57H35N5. The van der Waals surface area contributed by atoms with Gasteiger partial charge in [-0.2, -0.15) is 9.97 Å². The molecule has 0 fully saturated rings. The molecule has 0 saturated heterocycles. The highest BCUT2D eigenvalue weighted by Crippen LogP contribution is 2.47. The van der Waals surface area contributed by atoms with Gasteiger partial charge in [-0.05, 0) is 86.2 Å². The highest BCUT2D eigenvalue weighted by molar-refractivity contribution is 6.36. The number of hydrogen-bond donors (Lipinski definition) is 0. The van der Waals surface area contributed by atoms with Gasteiger partial charge >= 0.3 is 0 Å². The van der Waals surface area contributed by atoms with Crippen molar-refractivity contribution < 1.29 is 26.0 Å². The van der Waals surface area contributed by atoms with Crippen LogP contribution in [0.3, 0.4) is 0 Å². The van der Waals surface area contributed by atoms with E-state index < -0.39 is 137 Å². The van der Waals surface area contributed by atoms with E-state index in [1.165, 1.54) is 0 Å². The second kappa shape index (κ2) is 13.6. The molecule has 3 aromatic heterocycles. The second-order valence-corrected chi connectivity index (χ2v) is 14.6. The molecule has 0 aliphatic heterocycles. The molecule has 0 saturated carbocycles. The number of para-hydroxylation sites is 2. The largest absolute Gasteiger partial charge is 0.309 e. The van der Waals surface area contributed by atoms with Gasteiger partial charge in [0.1, 0.15) is 0 Å². The Balaban J connectivity index is 1.06. The Labute approximate surface area is 383 Å². The van der Waals surface area contributed by atoms with Gasteiger partial charge < -0.3 is 4.57 Å². The van der Waals surface area contributed by atoms with Gasteiger partial charge in [-0.25, -0.2) is 4.98 Å². The van der Waals surface area contributed by atoms with Gasteiger partial charge in [0.2, 0.25) is 5.95 Å². The minimum atomic E-state index is -0.793. The Kier molecular flexibility index (Phi) is 4.53. The standard InChI is InChI=1S/C57H35N5/c1-4-15-36(16-5-1)37-29-31-39(32-30-37)56-58-55(38-17-6-2-7-18-38)59-57(60-56)62-48-26-11-10-21-43(48)47-35-40(33-34-49(47)62)42-22-12-23-44-45-24-13-27-50-53(45)54-46(52(42)44)25-14-28-51(54)61(50)41-19-8-3-9-20-41/h1-35H/i1D,2D,3D,4D,5D,6D,7D,8D,9D,15D,16D,17D,18D,19D,20D,29D,30D,31D,32D. The Morgan fingerprint density at radius 1 is 0.339 bits per heavy atom. The summed E-state index contributed by atoms with van der Waals surface area (Å²) in [6.07, 6.45) is 0.